The normalized spacial score (nSPS) is 16.8. The van der Waals surface area contributed by atoms with Gasteiger partial charge >= 0.3 is 5.97 Å². The van der Waals surface area contributed by atoms with Crippen molar-refractivity contribution >= 4 is 11.9 Å². The molecule has 1 amide bonds. The Morgan fingerprint density at radius 1 is 1.30 bits per heavy atom. The van der Waals surface area contributed by atoms with Gasteiger partial charge in [-0.2, -0.15) is 0 Å². The van der Waals surface area contributed by atoms with Crippen LogP contribution in [0.15, 0.2) is 0 Å². The summed E-state index contributed by atoms with van der Waals surface area (Å²) in [5.41, 5.74) is 0. The maximum absolute atomic E-state index is 11.9. The van der Waals surface area contributed by atoms with E-state index in [9.17, 15) is 9.59 Å². The van der Waals surface area contributed by atoms with E-state index in [-0.39, 0.29) is 17.9 Å². The lowest BCUT2D eigenvalue weighted by Gasteiger charge is -2.27. The van der Waals surface area contributed by atoms with Crippen LogP contribution in [0, 0.1) is 0 Å². The molecule has 116 valence electrons. The first-order valence-corrected chi connectivity index (χ1v) is 7.44. The van der Waals surface area contributed by atoms with Crippen LogP contribution in [0.2, 0.25) is 0 Å². The molecule has 1 fully saturated rings. The topological polar surface area (TPSA) is 67.9 Å². The van der Waals surface area contributed by atoms with Crippen LogP contribution < -0.4 is 5.32 Å². The van der Waals surface area contributed by atoms with Crippen molar-refractivity contribution in [3.8, 4) is 0 Å². The minimum atomic E-state index is -0.308. The third-order valence-corrected chi connectivity index (χ3v) is 3.24. The van der Waals surface area contributed by atoms with Gasteiger partial charge in [-0.25, -0.2) is 0 Å². The second-order valence-electron chi connectivity index (χ2n) is 4.79. The molecule has 0 saturated carbocycles. The molecule has 1 unspecified atom stereocenters. The van der Waals surface area contributed by atoms with Gasteiger partial charge < -0.3 is 19.7 Å². The van der Waals surface area contributed by atoms with Crippen molar-refractivity contribution < 1.29 is 19.1 Å². The van der Waals surface area contributed by atoms with Gasteiger partial charge in [-0.15, -0.1) is 0 Å². The molecule has 1 saturated heterocycles. The molecule has 0 aliphatic carbocycles. The lowest BCUT2D eigenvalue weighted by atomic mass is 10.1. The van der Waals surface area contributed by atoms with E-state index in [1.807, 2.05) is 11.8 Å². The third-order valence-electron chi connectivity index (χ3n) is 3.24. The quantitative estimate of drug-likeness (QED) is 0.660. The molecule has 1 aliphatic heterocycles. The molecule has 0 radical (unpaired) electrons. The summed E-state index contributed by atoms with van der Waals surface area (Å²) in [7, 11) is 0. The lowest BCUT2D eigenvalue weighted by molar-refractivity contribution is -0.146. The van der Waals surface area contributed by atoms with E-state index < -0.39 is 0 Å². The number of amides is 1. The Labute approximate surface area is 120 Å². The van der Waals surface area contributed by atoms with Crippen molar-refractivity contribution in [1.82, 2.24) is 10.2 Å². The summed E-state index contributed by atoms with van der Waals surface area (Å²) >= 11 is 0. The summed E-state index contributed by atoms with van der Waals surface area (Å²) in [6.45, 7) is 7.24. The second kappa shape index (κ2) is 9.72. The van der Waals surface area contributed by atoms with Gasteiger partial charge in [0.1, 0.15) is 6.04 Å². The van der Waals surface area contributed by atoms with Crippen molar-refractivity contribution in [2.75, 3.05) is 39.5 Å². The number of morpholine rings is 1. The van der Waals surface area contributed by atoms with E-state index in [2.05, 4.69) is 5.32 Å². The molecule has 0 aromatic heterocycles. The highest BCUT2D eigenvalue weighted by molar-refractivity contribution is 5.77. The maximum Gasteiger partial charge on any atom is 0.323 e. The molecule has 1 rings (SSSR count). The molecule has 0 spiro atoms. The van der Waals surface area contributed by atoms with Crippen molar-refractivity contribution in [2.24, 2.45) is 0 Å². The summed E-state index contributed by atoms with van der Waals surface area (Å²) in [6.07, 6.45) is 2.03. The average Bonchev–Trinajstić information content (AvgIpc) is 2.47. The molecular weight excluding hydrogens is 260 g/mol. The van der Waals surface area contributed by atoms with Crippen LogP contribution in [0.25, 0.3) is 0 Å². The van der Waals surface area contributed by atoms with E-state index in [1.165, 1.54) is 0 Å². The fourth-order valence-electron chi connectivity index (χ4n) is 2.16. The van der Waals surface area contributed by atoms with E-state index in [1.54, 1.807) is 6.92 Å². The van der Waals surface area contributed by atoms with Crippen molar-refractivity contribution in [3.05, 3.63) is 0 Å². The molecule has 1 heterocycles. The number of rotatable bonds is 8. The van der Waals surface area contributed by atoms with E-state index in [0.717, 1.165) is 12.8 Å². The lowest BCUT2D eigenvalue weighted by Crippen LogP contribution is -2.43. The number of carbonyl (C=O) groups is 2. The highest BCUT2D eigenvalue weighted by Crippen LogP contribution is 2.02. The van der Waals surface area contributed by atoms with Crippen LogP contribution in [0.1, 0.15) is 33.1 Å². The fraction of sp³-hybridized carbons (Fsp3) is 0.857. The Balaban J connectivity index is 2.28. The summed E-state index contributed by atoms with van der Waals surface area (Å²) in [5, 5.41) is 3.12. The maximum atomic E-state index is 11.9. The number of nitrogens with one attached hydrogen (secondary N) is 1. The van der Waals surface area contributed by atoms with Gasteiger partial charge in [0.25, 0.3) is 0 Å². The smallest absolute Gasteiger partial charge is 0.323 e. The average molecular weight is 286 g/mol. The van der Waals surface area contributed by atoms with Crippen molar-refractivity contribution in [2.45, 2.75) is 39.2 Å². The third kappa shape index (κ3) is 5.88. The van der Waals surface area contributed by atoms with Gasteiger partial charge in [-0.05, 0) is 13.3 Å². The minimum absolute atomic E-state index is 0.111. The molecule has 0 bridgehead atoms. The zero-order chi connectivity index (χ0) is 14.8. The van der Waals surface area contributed by atoms with Crippen molar-refractivity contribution in [1.29, 1.82) is 0 Å². The highest BCUT2D eigenvalue weighted by Gasteiger charge is 2.20. The number of hydrogen-bond donors (Lipinski definition) is 1. The summed E-state index contributed by atoms with van der Waals surface area (Å²) in [4.78, 5) is 25.5. The Bertz CT molecular complexity index is 304. The van der Waals surface area contributed by atoms with E-state index in [0.29, 0.717) is 45.9 Å². The molecule has 0 aromatic carbocycles. The monoisotopic (exact) mass is 286 g/mol. The van der Waals surface area contributed by atoms with Gasteiger partial charge in [0, 0.05) is 26.1 Å². The number of esters is 1. The highest BCUT2D eigenvalue weighted by atomic mass is 16.5. The van der Waals surface area contributed by atoms with Gasteiger partial charge in [-0.1, -0.05) is 13.3 Å². The Kier molecular flexibility index (Phi) is 8.22. The van der Waals surface area contributed by atoms with Crippen molar-refractivity contribution in [3.63, 3.8) is 0 Å². The molecular formula is C14H26N2O4. The first kappa shape index (κ1) is 16.9. The van der Waals surface area contributed by atoms with Gasteiger partial charge in [-0.3, -0.25) is 9.59 Å². The van der Waals surface area contributed by atoms with Crippen LogP contribution in [-0.2, 0) is 19.1 Å². The van der Waals surface area contributed by atoms with Crippen LogP contribution in [-0.4, -0.2) is 62.3 Å². The first-order valence-electron chi connectivity index (χ1n) is 7.44. The number of nitrogens with zero attached hydrogens (tertiary/aromatic N) is 1. The zero-order valence-electron chi connectivity index (χ0n) is 12.5. The van der Waals surface area contributed by atoms with Crippen LogP contribution in [0.5, 0.6) is 0 Å². The standard InChI is InChI=1S/C14H26N2O4/c1-3-5-12(14(18)20-4-2)15-7-6-13(17)16-8-10-19-11-9-16/h12,15H,3-11H2,1-2H3. The summed E-state index contributed by atoms with van der Waals surface area (Å²) < 4.78 is 10.2. The van der Waals surface area contributed by atoms with Gasteiger partial charge in [0.2, 0.25) is 5.91 Å². The predicted octanol–water partition coefficient (Wildman–Crippen LogP) is 0.557. The fourth-order valence-corrected chi connectivity index (χ4v) is 2.16. The predicted molar refractivity (Wildman–Crippen MR) is 75.3 cm³/mol. The zero-order valence-corrected chi connectivity index (χ0v) is 12.5. The first-order chi connectivity index (χ1) is 9.69. The number of ether oxygens (including phenoxy) is 2. The summed E-state index contributed by atoms with van der Waals surface area (Å²) in [6, 6.07) is -0.308. The minimum Gasteiger partial charge on any atom is -0.465 e. The van der Waals surface area contributed by atoms with Crippen LogP contribution >= 0.6 is 0 Å². The molecule has 0 aromatic rings. The van der Waals surface area contributed by atoms with Gasteiger partial charge in [0.15, 0.2) is 0 Å². The van der Waals surface area contributed by atoms with Crippen LogP contribution in [0.3, 0.4) is 0 Å². The van der Waals surface area contributed by atoms with Crippen LogP contribution in [0.4, 0.5) is 0 Å². The second-order valence-corrected chi connectivity index (χ2v) is 4.79. The number of carbonyl (C=O) groups excluding carboxylic acids is 2. The molecule has 6 heteroatoms. The molecule has 6 nitrogen and oxygen atoms in total. The van der Waals surface area contributed by atoms with E-state index in [4.69, 9.17) is 9.47 Å². The molecule has 20 heavy (non-hydrogen) atoms. The molecule has 1 N–H and O–H groups in total. The Morgan fingerprint density at radius 2 is 2.00 bits per heavy atom. The Hall–Kier alpha value is -1.14. The number of hydrogen-bond acceptors (Lipinski definition) is 5. The molecule has 1 atom stereocenters. The molecule has 1 aliphatic rings. The summed E-state index contributed by atoms with van der Waals surface area (Å²) in [5.74, 6) is -0.118. The van der Waals surface area contributed by atoms with Gasteiger partial charge in [0.05, 0.1) is 19.8 Å². The SMILES string of the molecule is CCCC(NCCC(=O)N1CCOCC1)C(=O)OCC. The van der Waals surface area contributed by atoms with E-state index >= 15 is 0 Å². The Morgan fingerprint density at radius 3 is 2.60 bits per heavy atom. The largest absolute Gasteiger partial charge is 0.465 e.